The Morgan fingerprint density at radius 1 is 1.05 bits per heavy atom. The molecule has 3 fully saturated rings. The monoisotopic (exact) mass is 810 g/mol. The minimum atomic E-state index is -0.953. The largest absolute Gasteiger partial charge is 0.496 e. The third-order valence-corrected chi connectivity index (χ3v) is 12.2. The lowest BCUT2D eigenvalue weighted by Gasteiger charge is -2.41. The number of piperidine rings is 1. The van der Waals surface area contributed by atoms with Crippen molar-refractivity contribution in [3.63, 3.8) is 0 Å². The van der Waals surface area contributed by atoms with Gasteiger partial charge in [0.25, 0.3) is 0 Å². The van der Waals surface area contributed by atoms with E-state index in [0.717, 1.165) is 24.9 Å². The number of halogens is 2. The number of esters is 1. The maximum absolute atomic E-state index is 17.6. The first-order valence-corrected chi connectivity index (χ1v) is 20.1. The van der Waals surface area contributed by atoms with Crippen molar-refractivity contribution in [2.24, 2.45) is 0 Å². The van der Waals surface area contributed by atoms with Crippen molar-refractivity contribution >= 4 is 39.6 Å². The Balaban J connectivity index is 0.00000499. The molecular formula is C44H48F2N6O7. The van der Waals surface area contributed by atoms with E-state index < -0.39 is 35.1 Å². The molecule has 3 atom stereocenters. The number of rotatable bonds is 7. The highest BCUT2D eigenvalue weighted by molar-refractivity contribution is 6.03. The maximum Gasteiger partial charge on any atom is 0.407 e. The standard InChI is InChI=1S/C44H46F2N6O7.H2/c1-43-14-7-16-51(24-43)39-31-22-47-37(36(46)38(31)48-41(49-39)58-25-44-15-8-17-52(44)23-28(45)21-44)30-20-29(59-40(53)35-32(55-2)12-5-13-33(35)56-3)19-27-10-4-9-26(34(27)30)11-6-18-57-42(54)50-43;/h4-5,9-10,12-13,19-20,22,28H,6-8,11,14-18,21,23-25H2,1-3H3,(H,50,54);1H/t28-,43-,44+;/m1./s1. The minimum Gasteiger partial charge on any atom is -0.496 e. The van der Waals surface area contributed by atoms with Gasteiger partial charge in [-0.05, 0) is 92.6 Å². The van der Waals surface area contributed by atoms with E-state index in [1.54, 1.807) is 36.5 Å². The predicted molar refractivity (Wildman–Crippen MR) is 218 cm³/mol. The number of amides is 1. The van der Waals surface area contributed by atoms with Crippen LogP contribution in [0.2, 0.25) is 0 Å². The van der Waals surface area contributed by atoms with Gasteiger partial charge in [0, 0.05) is 39.2 Å². The van der Waals surface area contributed by atoms with Crippen molar-refractivity contribution in [2.75, 3.05) is 58.5 Å². The van der Waals surface area contributed by atoms with Gasteiger partial charge in [-0.2, -0.15) is 9.97 Å². The zero-order valence-corrected chi connectivity index (χ0v) is 33.3. The van der Waals surface area contributed by atoms with Gasteiger partial charge >= 0.3 is 18.1 Å². The molecule has 1 amide bonds. The first-order chi connectivity index (χ1) is 28.6. The smallest absolute Gasteiger partial charge is 0.407 e. The van der Waals surface area contributed by atoms with E-state index >= 15 is 4.39 Å². The molecule has 5 aliphatic rings. The molecule has 0 saturated carbocycles. The lowest BCUT2D eigenvalue weighted by Crippen LogP contribution is -2.57. The highest BCUT2D eigenvalue weighted by Crippen LogP contribution is 2.43. The molecule has 1 N–H and O–H groups in total. The van der Waals surface area contributed by atoms with E-state index in [0.29, 0.717) is 79.3 Å². The summed E-state index contributed by atoms with van der Waals surface area (Å²) in [6, 6.07) is 13.9. The summed E-state index contributed by atoms with van der Waals surface area (Å²) in [6.07, 6.45) is 4.53. The van der Waals surface area contributed by atoms with E-state index in [4.69, 9.17) is 38.6 Å². The average Bonchev–Trinajstić information content (AvgIpc) is 3.76. The number of aromatic nitrogens is 3. The molecule has 2 aromatic heterocycles. The molecule has 13 nitrogen and oxygen atoms in total. The Bertz CT molecular complexity index is 2460. The number of pyridine rings is 1. The van der Waals surface area contributed by atoms with Gasteiger partial charge in [0.05, 0.1) is 37.3 Å². The molecule has 0 spiro atoms. The number of alkyl halides is 1. The van der Waals surface area contributed by atoms with Crippen molar-refractivity contribution in [3.05, 3.63) is 71.7 Å². The average molecular weight is 811 g/mol. The van der Waals surface area contributed by atoms with Crippen LogP contribution in [0.15, 0.2) is 54.7 Å². The summed E-state index contributed by atoms with van der Waals surface area (Å²) in [5, 5.41) is 4.78. The Morgan fingerprint density at radius 3 is 2.66 bits per heavy atom. The van der Waals surface area contributed by atoms with Crippen LogP contribution in [-0.2, 0) is 11.2 Å². The van der Waals surface area contributed by atoms with Gasteiger partial charge in [0.15, 0.2) is 5.82 Å². The molecule has 5 aliphatic heterocycles. The van der Waals surface area contributed by atoms with E-state index in [9.17, 15) is 14.0 Å². The van der Waals surface area contributed by atoms with Gasteiger partial charge in [-0.3, -0.25) is 9.88 Å². The summed E-state index contributed by atoms with van der Waals surface area (Å²) >= 11 is 0. The zero-order chi connectivity index (χ0) is 40.9. The van der Waals surface area contributed by atoms with Crippen LogP contribution in [0.1, 0.15) is 62.8 Å². The van der Waals surface area contributed by atoms with Gasteiger partial charge in [-0.1, -0.05) is 24.3 Å². The third kappa shape index (κ3) is 7.19. The molecule has 15 heteroatoms. The zero-order valence-electron chi connectivity index (χ0n) is 33.3. The molecule has 59 heavy (non-hydrogen) atoms. The highest BCUT2D eigenvalue weighted by Gasteiger charge is 2.49. The number of nitrogens with zero attached hydrogens (tertiary/aromatic N) is 5. The number of aryl methyl sites for hydroxylation is 1. The Morgan fingerprint density at radius 2 is 1.85 bits per heavy atom. The van der Waals surface area contributed by atoms with Crippen LogP contribution in [0, 0.1) is 5.82 Å². The number of alkyl carbamates (subject to hydrolysis) is 1. The normalized spacial score (nSPS) is 23.2. The molecule has 0 unspecified atom stereocenters. The second-order valence-electron chi connectivity index (χ2n) is 16.2. The fraction of sp³-hybridized carbons (Fsp3) is 0.432. The third-order valence-electron chi connectivity index (χ3n) is 12.2. The number of carbonyl (C=O) groups is 2. The van der Waals surface area contributed by atoms with E-state index in [1.807, 2.05) is 30.0 Å². The number of hydrogen-bond acceptors (Lipinski definition) is 12. The second-order valence-corrected chi connectivity index (χ2v) is 16.2. The first-order valence-electron chi connectivity index (χ1n) is 20.1. The van der Waals surface area contributed by atoms with E-state index in [2.05, 4.69) is 10.2 Å². The van der Waals surface area contributed by atoms with Crippen LogP contribution in [0.3, 0.4) is 0 Å². The molecule has 310 valence electrons. The topological polar surface area (TPSA) is 137 Å². The van der Waals surface area contributed by atoms with Crippen LogP contribution in [0.4, 0.5) is 19.4 Å². The number of ether oxygens (including phenoxy) is 5. The SMILES string of the molecule is COc1cccc(OC)c1C(=O)Oc1cc2c3c(cccc3c1)CCCOC(=O)N[C@]1(C)CCCN(C1)c1nc(OC[C@@]34CCCN3C[C@H](F)C4)nc3c(F)c-2ncc13.[HH]. The van der Waals surface area contributed by atoms with Crippen LogP contribution in [-0.4, -0.2) is 103 Å². The number of carbonyl (C=O) groups excluding carboxylic acids is 2. The highest BCUT2D eigenvalue weighted by atomic mass is 19.1. The maximum atomic E-state index is 17.6. The van der Waals surface area contributed by atoms with Gasteiger partial charge < -0.3 is 33.9 Å². The van der Waals surface area contributed by atoms with Gasteiger partial charge in [0.1, 0.15) is 52.6 Å². The lowest BCUT2D eigenvalue weighted by atomic mass is 9.91. The summed E-state index contributed by atoms with van der Waals surface area (Å²) < 4.78 is 61.4. The second kappa shape index (κ2) is 15.4. The van der Waals surface area contributed by atoms with Gasteiger partial charge in [0.2, 0.25) is 0 Å². The Labute approximate surface area is 341 Å². The predicted octanol–water partition coefficient (Wildman–Crippen LogP) is 7.45. The summed E-state index contributed by atoms with van der Waals surface area (Å²) in [6.45, 7) is 4.34. The summed E-state index contributed by atoms with van der Waals surface area (Å²) in [5.41, 5.74) is 0.109. The molecule has 3 aromatic carbocycles. The van der Waals surface area contributed by atoms with Crippen LogP contribution >= 0.6 is 0 Å². The summed E-state index contributed by atoms with van der Waals surface area (Å²) in [5.74, 6) is -0.378. The molecular weight excluding hydrogens is 763 g/mol. The Hall–Kier alpha value is -5.83. The number of anilines is 1. The van der Waals surface area contributed by atoms with Crippen molar-refractivity contribution in [2.45, 2.75) is 69.1 Å². The first kappa shape index (κ1) is 38.7. The minimum absolute atomic E-state index is 0. The molecule has 5 aromatic rings. The fourth-order valence-electron chi connectivity index (χ4n) is 9.54. The van der Waals surface area contributed by atoms with Crippen LogP contribution in [0.5, 0.6) is 23.3 Å². The number of benzene rings is 3. The van der Waals surface area contributed by atoms with Crippen molar-refractivity contribution < 1.29 is 43.5 Å². The van der Waals surface area contributed by atoms with E-state index in [-0.39, 0.29) is 54.7 Å². The van der Waals surface area contributed by atoms with Crippen molar-refractivity contribution in [3.8, 4) is 34.5 Å². The van der Waals surface area contributed by atoms with Crippen molar-refractivity contribution in [1.82, 2.24) is 25.2 Å². The lowest BCUT2D eigenvalue weighted by molar-refractivity contribution is 0.0727. The quantitative estimate of drug-likeness (QED) is 0.129. The molecule has 6 bridgehead atoms. The van der Waals surface area contributed by atoms with Crippen LogP contribution < -0.4 is 29.2 Å². The van der Waals surface area contributed by atoms with Gasteiger partial charge in [-0.15, -0.1) is 0 Å². The Kier molecular flexibility index (Phi) is 10.1. The molecule has 10 rings (SSSR count). The number of fused-ring (bicyclic) bond motifs is 7. The fourth-order valence-corrected chi connectivity index (χ4v) is 9.54. The molecule has 7 heterocycles. The van der Waals surface area contributed by atoms with Crippen molar-refractivity contribution in [1.29, 1.82) is 0 Å². The molecule has 3 saturated heterocycles. The van der Waals surface area contributed by atoms with Crippen LogP contribution in [0.25, 0.3) is 32.9 Å². The molecule has 0 radical (unpaired) electrons. The molecule has 0 aliphatic carbocycles. The number of hydrogen-bond donors (Lipinski definition) is 1. The number of nitrogens with one attached hydrogen (secondary N) is 1. The summed E-state index contributed by atoms with van der Waals surface area (Å²) in [4.78, 5) is 45.5. The van der Waals surface area contributed by atoms with E-state index in [1.165, 1.54) is 14.2 Å². The number of methoxy groups -OCH3 is 2. The summed E-state index contributed by atoms with van der Waals surface area (Å²) in [7, 11) is 2.90. The van der Waals surface area contributed by atoms with Gasteiger partial charge in [-0.25, -0.2) is 18.4 Å².